The van der Waals surface area contributed by atoms with Gasteiger partial charge in [-0.1, -0.05) is 40.7 Å². The van der Waals surface area contributed by atoms with Gasteiger partial charge in [0, 0.05) is 29.2 Å². The topological polar surface area (TPSA) is 114 Å². The number of fused-ring (bicyclic) bond motifs is 5. The standard InChI is InChI=1S/C29H36O7/c1-15(30)36-25-23(33)22-24(34)26(2,3)20(32)8-11-27(22,4)18-7-10-28(5)19(29(18,25)6)13-17(31)21(28)16-9-12-35-14-16/h8-9,11-14,18,21-25,33-34H,7,10H2,1-6H3/t18-,21-,22+,23-,24+,25-,27-,28-,29-/m1/s1. The second-order valence-electron chi connectivity index (χ2n) is 12.5. The third-order valence-corrected chi connectivity index (χ3v) is 10.3. The number of furan rings is 1. The van der Waals surface area contributed by atoms with Crippen LogP contribution in [0, 0.1) is 33.5 Å². The normalized spacial score (nSPS) is 45.3. The average molecular weight is 497 g/mol. The van der Waals surface area contributed by atoms with Gasteiger partial charge in [-0.15, -0.1) is 0 Å². The molecule has 0 saturated heterocycles. The highest BCUT2D eigenvalue weighted by molar-refractivity contribution is 6.01. The maximum atomic E-state index is 13.5. The van der Waals surface area contributed by atoms with Crippen molar-refractivity contribution in [2.45, 2.75) is 78.6 Å². The molecule has 7 heteroatoms. The molecule has 2 N–H and O–H groups in total. The Kier molecular flexibility index (Phi) is 5.41. The Labute approximate surface area is 211 Å². The van der Waals surface area contributed by atoms with Crippen molar-refractivity contribution in [2.24, 2.45) is 33.5 Å². The summed E-state index contributed by atoms with van der Waals surface area (Å²) in [6.45, 7) is 10.7. The maximum Gasteiger partial charge on any atom is 0.303 e. The summed E-state index contributed by atoms with van der Waals surface area (Å²) in [5, 5.41) is 23.5. The summed E-state index contributed by atoms with van der Waals surface area (Å²) in [6, 6.07) is 1.81. The molecule has 0 radical (unpaired) electrons. The third-order valence-electron chi connectivity index (χ3n) is 10.3. The summed E-state index contributed by atoms with van der Waals surface area (Å²) in [5.74, 6) is -2.16. The summed E-state index contributed by atoms with van der Waals surface area (Å²) >= 11 is 0. The Morgan fingerprint density at radius 3 is 2.44 bits per heavy atom. The highest BCUT2D eigenvalue weighted by atomic mass is 16.6. The Bertz CT molecular complexity index is 1180. The van der Waals surface area contributed by atoms with Crippen LogP contribution < -0.4 is 0 Å². The van der Waals surface area contributed by atoms with Crippen molar-refractivity contribution in [1.82, 2.24) is 0 Å². The summed E-state index contributed by atoms with van der Waals surface area (Å²) in [4.78, 5) is 38.9. The first-order valence-electron chi connectivity index (χ1n) is 12.8. The zero-order valence-electron chi connectivity index (χ0n) is 21.8. The van der Waals surface area contributed by atoms with Crippen LogP contribution in [0.3, 0.4) is 0 Å². The molecule has 7 nitrogen and oxygen atoms in total. The maximum absolute atomic E-state index is 13.5. The van der Waals surface area contributed by atoms with Gasteiger partial charge in [-0.05, 0) is 48.0 Å². The van der Waals surface area contributed by atoms with Gasteiger partial charge in [0.05, 0.1) is 36.1 Å². The quantitative estimate of drug-likeness (QED) is 0.600. The lowest BCUT2D eigenvalue weighted by molar-refractivity contribution is -0.232. The predicted molar refractivity (Wildman–Crippen MR) is 131 cm³/mol. The van der Waals surface area contributed by atoms with E-state index in [0.717, 1.165) is 11.1 Å². The number of hydrogen-bond donors (Lipinski definition) is 2. The molecular formula is C29H36O7. The summed E-state index contributed by atoms with van der Waals surface area (Å²) in [5.41, 5.74) is -1.71. The number of aliphatic hydroxyl groups excluding tert-OH is 2. The molecule has 4 aliphatic rings. The first-order valence-corrected chi connectivity index (χ1v) is 12.8. The van der Waals surface area contributed by atoms with Crippen molar-refractivity contribution < 1.29 is 33.8 Å². The predicted octanol–water partition coefficient (Wildman–Crippen LogP) is 3.75. The van der Waals surface area contributed by atoms with E-state index >= 15 is 0 Å². The first kappa shape index (κ1) is 25.2. The van der Waals surface area contributed by atoms with E-state index in [-0.39, 0.29) is 17.5 Å². The van der Waals surface area contributed by atoms with Gasteiger partial charge in [-0.2, -0.15) is 0 Å². The lowest BCUT2D eigenvalue weighted by Gasteiger charge is -2.65. The van der Waals surface area contributed by atoms with Crippen LogP contribution in [0.2, 0.25) is 0 Å². The van der Waals surface area contributed by atoms with Gasteiger partial charge in [0.25, 0.3) is 0 Å². The van der Waals surface area contributed by atoms with Gasteiger partial charge < -0.3 is 19.4 Å². The number of ether oxygens (including phenoxy) is 1. The fraction of sp³-hybridized carbons (Fsp3) is 0.621. The Balaban J connectivity index is 1.72. The van der Waals surface area contributed by atoms with Gasteiger partial charge in [-0.3, -0.25) is 14.4 Å². The molecule has 9 atom stereocenters. The van der Waals surface area contributed by atoms with Crippen molar-refractivity contribution in [3.8, 4) is 0 Å². The van der Waals surface area contributed by atoms with Crippen molar-refractivity contribution in [2.75, 3.05) is 0 Å². The molecular weight excluding hydrogens is 460 g/mol. The van der Waals surface area contributed by atoms with Gasteiger partial charge in [0.15, 0.2) is 11.6 Å². The SMILES string of the molecule is CC(=O)O[C@@H]1[C@H](O)[C@H]2[C@H](O)C(C)(C)C(=O)C=C[C@]2(C)[C@H]2CC[C@]3(C)C(=CC(=O)[C@H]3c3ccoc3)[C@]12C. The fourth-order valence-electron chi connectivity index (χ4n) is 8.45. The van der Waals surface area contributed by atoms with E-state index in [2.05, 4.69) is 6.92 Å². The van der Waals surface area contributed by atoms with Crippen LogP contribution in [-0.2, 0) is 19.1 Å². The van der Waals surface area contributed by atoms with Crippen LogP contribution in [0.1, 0.15) is 65.9 Å². The molecule has 4 aliphatic carbocycles. The van der Waals surface area contributed by atoms with Gasteiger partial charge in [0.2, 0.25) is 0 Å². The molecule has 1 heterocycles. The van der Waals surface area contributed by atoms with Crippen LogP contribution in [-0.4, -0.2) is 46.1 Å². The number of allylic oxidation sites excluding steroid dienone is 3. The van der Waals surface area contributed by atoms with Crippen LogP contribution in [0.4, 0.5) is 0 Å². The molecule has 2 fully saturated rings. The number of carbonyl (C=O) groups excluding carboxylic acids is 3. The number of aliphatic hydroxyl groups is 2. The van der Waals surface area contributed by atoms with Crippen molar-refractivity contribution >= 4 is 17.5 Å². The highest BCUT2D eigenvalue weighted by Gasteiger charge is 2.71. The number of hydrogen-bond acceptors (Lipinski definition) is 7. The molecule has 5 rings (SSSR count). The highest BCUT2D eigenvalue weighted by Crippen LogP contribution is 2.71. The van der Waals surface area contributed by atoms with Gasteiger partial charge >= 0.3 is 5.97 Å². The van der Waals surface area contributed by atoms with Crippen LogP contribution >= 0.6 is 0 Å². The Hall–Kier alpha value is -2.51. The minimum absolute atomic E-state index is 0.0353. The van der Waals surface area contributed by atoms with E-state index in [1.807, 2.05) is 26.0 Å². The summed E-state index contributed by atoms with van der Waals surface area (Å²) in [7, 11) is 0. The first-order chi connectivity index (χ1) is 16.7. The molecule has 0 aliphatic heterocycles. The largest absolute Gasteiger partial charge is 0.472 e. The van der Waals surface area contributed by atoms with Crippen molar-refractivity contribution in [3.63, 3.8) is 0 Å². The Morgan fingerprint density at radius 2 is 1.83 bits per heavy atom. The molecule has 1 aromatic rings. The zero-order chi connectivity index (χ0) is 26.4. The molecule has 36 heavy (non-hydrogen) atoms. The number of carbonyl (C=O) groups is 3. The molecule has 0 unspecified atom stereocenters. The Morgan fingerprint density at radius 1 is 1.14 bits per heavy atom. The van der Waals surface area contributed by atoms with E-state index in [1.165, 1.54) is 6.92 Å². The minimum atomic E-state index is -1.25. The minimum Gasteiger partial charge on any atom is -0.472 e. The molecule has 2 saturated carbocycles. The van der Waals surface area contributed by atoms with Crippen LogP contribution in [0.25, 0.3) is 0 Å². The summed E-state index contributed by atoms with van der Waals surface area (Å²) < 4.78 is 11.2. The van der Waals surface area contributed by atoms with E-state index < -0.39 is 57.8 Å². The lowest BCUT2D eigenvalue weighted by atomic mass is 9.40. The number of esters is 1. The van der Waals surface area contributed by atoms with E-state index in [1.54, 1.807) is 38.5 Å². The monoisotopic (exact) mass is 496 g/mol. The molecule has 0 aromatic carbocycles. The number of ketones is 2. The fourth-order valence-corrected chi connectivity index (χ4v) is 8.45. The zero-order valence-corrected chi connectivity index (χ0v) is 21.8. The average Bonchev–Trinajstić information content (AvgIpc) is 3.38. The molecule has 194 valence electrons. The molecule has 0 spiro atoms. The van der Waals surface area contributed by atoms with Crippen LogP contribution in [0.5, 0.6) is 0 Å². The van der Waals surface area contributed by atoms with Gasteiger partial charge in [0.1, 0.15) is 6.10 Å². The second kappa shape index (κ2) is 7.75. The second-order valence-corrected chi connectivity index (χ2v) is 12.5. The summed E-state index contributed by atoms with van der Waals surface area (Å²) in [6.07, 6.45) is 6.18. The molecule has 0 bridgehead atoms. The van der Waals surface area contributed by atoms with E-state index in [4.69, 9.17) is 9.15 Å². The lowest BCUT2D eigenvalue weighted by Crippen LogP contribution is -2.69. The van der Waals surface area contributed by atoms with Crippen molar-refractivity contribution in [3.05, 3.63) is 48.0 Å². The van der Waals surface area contributed by atoms with E-state index in [0.29, 0.717) is 12.8 Å². The van der Waals surface area contributed by atoms with Crippen LogP contribution in [0.15, 0.2) is 46.8 Å². The van der Waals surface area contributed by atoms with Crippen molar-refractivity contribution in [1.29, 1.82) is 0 Å². The van der Waals surface area contributed by atoms with E-state index in [9.17, 15) is 24.6 Å². The van der Waals surface area contributed by atoms with Gasteiger partial charge in [-0.25, -0.2) is 0 Å². The molecule has 0 amide bonds. The smallest absolute Gasteiger partial charge is 0.303 e. The molecule has 1 aromatic heterocycles. The third kappa shape index (κ3) is 3.02. The number of rotatable bonds is 2.